The van der Waals surface area contributed by atoms with E-state index in [0.29, 0.717) is 31.3 Å². The van der Waals surface area contributed by atoms with Gasteiger partial charge in [-0.2, -0.15) is 5.10 Å². The van der Waals surface area contributed by atoms with Crippen molar-refractivity contribution < 1.29 is 14.2 Å². The minimum absolute atomic E-state index is 0.548. The Balaban J connectivity index is 1.43. The van der Waals surface area contributed by atoms with Crippen molar-refractivity contribution in [2.75, 3.05) is 20.3 Å². The quantitative estimate of drug-likeness (QED) is 0.664. The van der Waals surface area contributed by atoms with Crippen molar-refractivity contribution in [1.82, 2.24) is 15.1 Å². The van der Waals surface area contributed by atoms with Crippen LogP contribution in [0.5, 0.6) is 17.2 Å². The van der Waals surface area contributed by atoms with Gasteiger partial charge in [0.05, 0.1) is 19.3 Å². The molecule has 152 valence electrons. The molecule has 6 heteroatoms. The molecular formula is C23H27N3O3. The molecule has 0 fully saturated rings. The number of aryl methyl sites for hydroxylation is 1. The van der Waals surface area contributed by atoms with Crippen LogP contribution in [-0.4, -0.2) is 30.1 Å². The topological polar surface area (TPSA) is 57.5 Å². The van der Waals surface area contributed by atoms with Gasteiger partial charge in [0.1, 0.15) is 13.2 Å². The van der Waals surface area contributed by atoms with Crippen LogP contribution < -0.4 is 19.5 Å². The first-order chi connectivity index (χ1) is 14.2. The van der Waals surface area contributed by atoms with Crippen molar-refractivity contribution >= 4 is 0 Å². The Labute approximate surface area is 171 Å². The summed E-state index contributed by atoms with van der Waals surface area (Å²) in [5.74, 6) is 2.15. The second-order valence-electron chi connectivity index (χ2n) is 7.22. The summed E-state index contributed by atoms with van der Waals surface area (Å²) in [4.78, 5) is 0. The maximum atomic E-state index is 5.72. The van der Waals surface area contributed by atoms with Gasteiger partial charge in [0.2, 0.25) is 5.75 Å². The maximum Gasteiger partial charge on any atom is 0.203 e. The average molecular weight is 393 g/mol. The molecule has 0 amide bonds. The van der Waals surface area contributed by atoms with Gasteiger partial charge in [-0.3, -0.25) is 4.68 Å². The molecule has 4 rings (SSSR count). The van der Waals surface area contributed by atoms with Gasteiger partial charge < -0.3 is 19.5 Å². The summed E-state index contributed by atoms with van der Waals surface area (Å²) in [6, 6.07) is 14.4. The molecule has 0 spiro atoms. The minimum Gasteiger partial charge on any atom is -0.493 e. The molecule has 6 nitrogen and oxygen atoms in total. The third-order valence-electron chi connectivity index (χ3n) is 5.23. The Hall–Kier alpha value is -2.99. The van der Waals surface area contributed by atoms with E-state index < -0.39 is 0 Å². The largest absolute Gasteiger partial charge is 0.493 e. The summed E-state index contributed by atoms with van der Waals surface area (Å²) in [6.45, 7) is 7.55. The number of nitrogens with one attached hydrogen (secondary N) is 1. The second kappa shape index (κ2) is 8.57. The summed E-state index contributed by atoms with van der Waals surface area (Å²) in [6.07, 6.45) is 0. The lowest BCUT2D eigenvalue weighted by Crippen LogP contribution is -2.18. The van der Waals surface area contributed by atoms with Crippen LogP contribution in [-0.2, 0) is 19.6 Å². The van der Waals surface area contributed by atoms with Crippen LogP contribution in [0.4, 0.5) is 0 Å². The molecule has 2 aromatic carbocycles. The van der Waals surface area contributed by atoms with Crippen molar-refractivity contribution in [1.29, 1.82) is 0 Å². The minimum atomic E-state index is 0.548. The highest BCUT2D eigenvalue weighted by molar-refractivity contribution is 5.54. The van der Waals surface area contributed by atoms with E-state index >= 15 is 0 Å². The normalized spacial score (nSPS) is 12.8. The standard InChI is InChI=1S/C23H27N3O3/c1-16-20(17(2)26(25-16)15-18-7-5-4-6-8-18)14-24-13-19-11-21(27-3)23-22(12-19)28-9-10-29-23/h4-8,11-12,24H,9-10,13-15H2,1-3H3. The van der Waals surface area contributed by atoms with E-state index in [9.17, 15) is 0 Å². The molecule has 0 atom stereocenters. The highest BCUT2D eigenvalue weighted by atomic mass is 16.6. The van der Waals surface area contributed by atoms with Crippen molar-refractivity contribution in [2.24, 2.45) is 0 Å². The molecule has 0 radical (unpaired) electrons. The van der Waals surface area contributed by atoms with Gasteiger partial charge in [0.25, 0.3) is 0 Å². The first-order valence-corrected chi connectivity index (χ1v) is 9.89. The molecule has 0 unspecified atom stereocenters. The zero-order chi connectivity index (χ0) is 20.2. The number of nitrogens with zero attached hydrogens (tertiary/aromatic N) is 2. The average Bonchev–Trinajstić information content (AvgIpc) is 3.01. The summed E-state index contributed by atoms with van der Waals surface area (Å²) in [5, 5.41) is 8.27. The van der Waals surface area contributed by atoms with Gasteiger partial charge in [-0.1, -0.05) is 30.3 Å². The molecule has 1 aliphatic rings. The SMILES string of the molecule is COc1cc(CNCc2c(C)nn(Cc3ccccc3)c2C)cc2c1OCCO2. The number of methoxy groups -OCH3 is 1. The molecule has 1 N–H and O–H groups in total. The Morgan fingerprint density at radius 2 is 1.83 bits per heavy atom. The second-order valence-corrected chi connectivity index (χ2v) is 7.22. The molecule has 29 heavy (non-hydrogen) atoms. The Morgan fingerprint density at radius 1 is 1.03 bits per heavy atom. The summed E-state index contributed by atoms with van der Waals surface area (Å²) in [7, 11) is 1.65. The van der Waals surface area contributed by atoms with E-state index in [1.165, 1.54) is 16.8 Å². The molecule has 0 saturated carbocycles. The van der Waals surface area contributed by atoms with Gasteiger partial charge in [-0.05, 0) is 37.1 Å². The molecule has 0 saturated heterocycles. The highest BCUT2D eigenvalue weighted by Crippen LogP contribution is 2.40. The predicted molar refractivity (Wildman–Crippen MR) is 112 cm³/mol. The first kappa shape index (κ1) is 19.3. The lowest BCUT2D eigenvalue weighted by Gasteiger charge is -2.21. The molecule has 3 aromatic rings. The van der Waals surface area contributed by atoms with Gasteiger partial charge in [-0.25, -0.2) is 0 Å². The fraction of sp³-hybridized carbons (Fsp3) is 0.348. The smallest absolute Gasteiger partial charge is 0.203 e. The zero-order valence-corrected chi connectivity index (χ0v) is 17.2. The van der Waals surface area contributed by atoms with Gasteiger partial charge in [0.15, 0.2) is 11.5 Å². The van der Waals surface area contributed by atoms with Gasteiger partial charge in [-0.15, -0.1) is 0 Å². The molecule has 2 heterocycles. The third-order valence-corrected chi connectivity index (χ3v) is 5.23. The third kappa shape index (κ3) is 4.22. The van der Waals surface area contributed by atoms with Gasteiger partial charge in [0, 0.05) is 24.3 Å². The van der Waals surface area contributed by atoms with Crippen LogP contribution in [0.15, 0.2) is 42.5 Å². The number of rotatable bonds is 7. The molecule has 0 aliphatic carbocycles. The highest BCUT2D eigenvalue weighted by Gasteiger charge is 2.18. The lowest BCUT2D eigenvalue weighted by molar-refractivity contribution is 0.165. The Morgan fingerprint density at radius 3 is 2.62 bits per heavy atom. The van der Waals surface area contributed by atoms with Crippen molar-refractivity contribution in [3.63, 3.8) is 0 Å². The number of benzene rings is 2. The van der Waals surface area contributed by atoms with Crippen molar-refractivity contribution in [3.8, 4) is 17.2 Å². The number of hydrogen-bond acceptors (Lipinski definition) is 5. The monoisotopic (exact) mass is 393 g/mol. The molecular weight excluding hydrogens is 366 g/mol. The van der Waals surface area contributed by atoms with Crippen LogP contribution in [0.3, 0.4) is 0 Å². The summed E-state index contributed by atoms with van der Waals surface area (Å²) < 4.78 is 18.9. The van der Waals surface area contributed by atoms with Crippen LogP contribution in [0.2, 0.25) is 0 Å². The lowest BCUT2D eigenvalue weighted by atomic mass is 10.1. The van der Waals surface area contributed by atoms with E-state index in [1.54, 1.807) is 7.11 Å². The Kier molecular flexibility index (Phi) is 5.71. The predicted octanol–water partition coefficient (Wildman–Crippen LogP) is 3.62. The maximum absolute atomic E-state index is 5.72. The molecule has 1 aliphatic heterocycles. The van der Waals surface area contributed by atoms with E-state index in [4.69, 9.17) is 19.3 Å². The van der Waals surface area contributed by atoms with E-state index in [-0.39, 0.29) is 0 Å². The van der Waals surface area contributed by atoms with Crippen molar-refractivity contribution in [2.45, 2.75) is 33.5 Å². The van der Waals surface area contributed by atoms with E-state index in [2.05, 4.69) is 48.1 Å². The first-order valence-electron chi connectivity index (χ1n) is 9.89. The zero-order valence-electron chi connectivity index (χ0n) is 17.2. The number of aromatic nitrogens is 2. The van der Waals surface area contributed by atoms with E-state index in [0.717, 1.165) is 30.1 Å². The molecule has 0 bridgehead atoms. The van der Waals surface area contributed by atoms with Crippen LogP contribution in [0.1, 0.15) is 28.1 Å². The van der Waals surface area contributed by atoms with Crippen LogP contribution in [0.25, 0.3) is 0 Å². The molecule has 1 aromatic heterocycles. The fourth-order valence-corrected chi connectivity index (χ4v) is 3.66. The number of hydrogen-bond donors (Lipinski definition) is 1. The summed E-state index contributed by atoms with van der Waals surface area (Å²) >= 11 is 0. The summed E-state index contributed by atoms with van der Waals surface area (Å²) in [5.41, 5.74) is 5.84. The van der Waals surface area contributed by atoms with Crippen molar-refractivity contribution in [3.05, 3.63) is 70.5 Å². The van der Waals surface area contributed by atoms with Crippen LogP contribution >= 0.6 is 0 Å². The number of ether oxygens (including phenoxy) is 3. The Bertz CT molecular complexity index is 966. The fourth-order valence-electron chi connectivity index (χ4n) is 3.66. The van der Waals surface area contributed by atoms with Gasteiger partial charge >= 0.3 is 0 Å². The van der Waals surface area contributed by atoms with Crippen LogP contribution in [0, 0.1) is 13.8 Å². The van der Waals surface area contributed by atoms with E-state index in [1.807, 2.05) is 18.2 Å². The number of fused-ring (bicyclic) bond motifs is 1.